The average Bonchev–Trinajstić information content (AvgIpc) is 3.65. The number of fused-ring (bicyclic) bond motifs is 4. The summed E-state index contributed by atoms with van der Waals surface area (Å²) in [6.45, 7) is 2.42. The molecule has 2 atom stereocenters. The monoisotopic (exact) mass is 613 g/mol. The fourth-order valence-electron chi connectivity index (χ4n) is 5.02. The van der Waals surface area contributed by atoms with E-state index in [-0.39, 0.29) is 37.4 Å². The molecule has 44 heavy (non-hydrogen) atoms. The molecule has 2 N–H and O–H groups in total. The van der Waals surface area contributed by atoms with E-state index in [2.05, 4.69) is 10.6 Å². The molecule has 226 valence electrons. The fraction of sp³-hybridized carbons (Fsp3) is 0.281. The van der Waals surface area contributed by atoms with Crippen LogP contribution in [0.3, 0.4) is 0 Å². The molecule has 0 saturated heterocycles. The molecule has 3 heterocycles. The van der Waals surface area contributed by atoms with E-state index in [4.69, 9.17) is 24.2 Å². The third kappa shape index (κ3) is 6.11. The fourth-order valence-corrected chi connectivity index (χ4v) is 6.04. The number of rotatable bonds is 10. The number of nitrogens with one attached hydrogen (secondary N) is 2. The van der Waals surface area contributed by atoms with Gasteiger partial charge in [0.1, 0.15) is 17.6 Å². The number of anilines is 1. The number of amidine groups is 2. The maximum atomic E-state index is 13.7. The molecule has 0 unspecified atom stereocenters. The second-order valence-corrected chi connectivity index (χ2v) is 11.5. The number of amides is 3. The number of hydrogen-bond donors (Lipinski definition) is 2. The maximum Gasteiger partial charge on any atom is 0.259 e. The Hall–Kier alpha value is -4.84. The van der Waals surface area contributed by atoms with Gasteiger partial charge in [0.2, 0.25) is 18.6 Å². The standard InChI is InChI=1S/C32H31N5O6S/c1-3-27(30(39)34-20-10-14-25-26(16-20)43-18-42-25)44-32-36-23-7-5-4-6-22(23)29-35-24(31(40)37(29)32)13-15-28(38)33-17-19-8-11-21(41-2)12-9-19/h4-12,14,16,24,27H,3,13,15,17-18H2,1-2H3,(H,33,38)(H,34,39)/t24-,27-/m0/s1. The first kappa shape index (κ1) is 29.2. The summed E-state index contributed by atoms with van der Waals surface area (Å²) < 4.78 is 15.9. The minimum atomic E-state index is -0.740. The molecule has 12 heteroatoms. The zero-order valence-electron chi connectivity index (χ0n) is 24.2. The third-order valence-corrected chi connectivity index (χ3v) is 8.71. The minimum Gasteiger partial charge on any atom is -0.497 e. The van der Waals surface area contributed by atoms with Crippen LogP contribution in [0.25, 0.3) is 0 Å². The lowest BCUT2D eigenvalue weighted by atomic mass is 10.1. The Labute approximate surface area is 258 Å². The van der Waals surface area contributed by atoms with E-state index in [9.17, 15) is 14.4 Å². The van der Waals surface area contributed by atoms with Crippen molar-refractivity contribution in [1.29, 1.82) is 0 Å². The zero-order valence-corrected chi connectivity index (χ0v) is 25.1. The van der Waals surface area contributed by atoms with Crippen molar-refractivity contribution in [3.63, 3.8) is 0 Å². The van der Waals surface area contributed by atoms with Crippen LogP contribution in [-0.2, 0) is 20.9 Å². The normalized spacial score (nSPS) is 16.8. The van der Waals surface area contributed by atoms with Crippen LogP contribution in [0, 0.1) is 0 Å². The lowest BCUT2D eigenvalue weighted by Gasteiger charge is -2.27. The predicted molar refractivity (Wildman–Crippen MR) is 168 cm³/mol. The highest BCUT2D eigenvalue weighted by atomic mass is 32.2. The molecule has 3 amide bonds. The SMILES string of the molecule is CC[C@H](SC1=Nc2ccccc2C2=N[C@@H](CCC(=O)NCc3ccc(OC)cc3)C(=O)N12)C(=O)Nc1ccc2c(c1)OCO2. The molecule has 3 aliphatic rings. The summed E-state index contributed by atoms with van der Waals surface area (Å²) in [6, 6.07) is 19.4. The smallest absolute Gasteiger partial charge is 0.259 e. The quantitative estimate of drug-likeness (QED) is 0.341. The Morgan fingerprint density at radius 1 is 1.09 bits per heavy atom. The van der Waals surface area contributed by atoms with Gasteiger partial charge in [-0.1, -0.05) is 43.0 Å². The summed E-state index contributed by atoms with van der Waals surface area (Å²) in [4.78, 5) is 50.7. The molecule has 3 aliphatic heterocycles. The highest BCUT2D eigenvalue weighted by Gasteiger charge is 2.42. The summed E-state index contributed by atoms with van der Waals surface area (Å²) in [6.07, 6.45) is 0.872. The second-order valence-electron chi connectivity index (χ2n) is 10.3. The van der Waals surface area contributed by atoms with Crippen LogP contribution in [0.5, 0.6) is 17.2 Å². The van der Waals surface area contributed by atoms with Gasteiger partial charge in [0.15, 0.2) is 16.7 Å². The van der Waals surface area contributed by atoms with Gasteiger partial charge < -0.3 is 24.8 Å². The summed E-state index contributed by atoms with van der Waals surface area (Å²) in [5.74, 6) is 1.76. The van der Waals surface area contributed by atoms with Crippen molar-refractivity contribution in [1.82, 2.24) is 10.2 Å². The van der Waals surface area contributed by atoms with Crippen molar-refractivity contribution in [3.05, 3.63) is 77.9 Å². The summed E-state index contributed by atoms with van der Waals surface area (Å²) in [5, 5.41) is 5.68. The number of aliphatic imine (C=N–C) groups is 2. The molecule has 0 aromatic heterocycles. The third-order valence-electron chi connectivity index (χ3n) is 7.39. The highest BCUT2D eigenvalue weighted by molar-refractivity contribution is 8.15. The number of carbonyl (C=O) groups excluding carboxylic acids is 3. The van der Waals surface area contributed by atoms with Gasteiger partial charge in [0, 0.05) is 30.3 Å². The molecule has 11 nitrogen and oxygen atoms in total. The molecule has 3 aromatic carbocycles. The van der Waals surface area contributed by atoms with Crippen molar-refractivity contribution in [2.75, 3.05) is 19.2 Å². The number of thioether (sulfide) groups is 1. The van der Waals surface area contributed by atoms with Crippen LogP contribution in [0.15, 0.2) is 76.7 Å². The zero-order chi connectivity index (χ0) is 30.6. The van der Waals surface area contributed by atoms with Gasteiger partial charge in [-0.2, -0.15) is 0 Å². The van der Waals surface area contributed by atoms with Gasteiger partial charge >= 0.3 is 0 Å². The van der Waals surface area contributed by atoms with E-state index in [1.165, 1.54) is 16.7 Å². The Morgan fingerprint density at radius 2 is 1.89 bits per heavy atom. The van der Waals surface area contributed by atoms with Crippen molar-refractivity contribution >= 4 is 51.9 Å². The maximum absolute atomic E-state index is 13.7. The average molecular weight is 614 g/mol. The van der Waals surface area contributed by atoms with Gasteiger partial charge in [-0.25, -0.2) is 9.89 Å². The highest BCUT2D eigenvalue weighted by Crippen LogP contribution is 2.37. The Kier molecular flexibility index (Phi) is 8.51. The van der Waals surface area contributed by atoms with Crippen LogP contribution in [-0.4, -0.2) is 58.8 Å². The Balaban J connectivity index is 1.13. The van der Waals surface area contributed by atoms with Crippen molar-refractivity contribution in [3.8, 4) is 17.2 Å². The van der Waals surface area contributed by atoms with E-state index >= 15 is 0 Å². The topological polar surface area (TPSA) is 131 Å². The lowest BCUT2D eigenvalue weighted by Crippen LogP contribution is -2.42. The summed E-state index contributed by atoms with van der Waals surface area (Å²) >= 11 is 1.22. The second kappa shape index (κ2) is 12.8. The van der Waals surface area contributed by atoms with Crippen LogP contribution in [0.2, 0.25) is 0 Å². The van der Waals surface area contributed by atoms with Gasteiger partial charge in [-0.3, -0.25) is 19.4 Å². The molecule has 0 spiro atoms. The van der Waals surface area contributed by atoms with Gasteiger partial charge in [0.05, 0.1) is 18.0 Å². The molecule has 0 bridgehead atoms. The minimum absolute atomic E-state index is 0.133. The van der Waals surface area contributed by atoms with E-state index in [1.54, 1.807) is 25.3 Å². The van der Waals surface area contributed by atoms with E-state index in [0.29, 0.717) is 46.8 Å². The number of para-hydroxylation sites is 1. The predicted octanol–water partition coefficient (Wildman–Crippen LogP) is 4.63. The van der Waals surface area contributed by atoms with Crippen LogP contribution in [0.1, 0.15) is 37.3 Å². The number of ether oxygens (including phenoxy) is 3. The molecular formula is C32H31N5O6S. The molecule has 0 saturated carbocycles. The first-order valence-corrected chi connectivity index (χ1v) is 15.2. The van der Waals surface area contributed by atoms with E-state index in [0.717, 1.165) is 16.9 Å². The molecule has 0 radical (unpaired) electrons. The van der Waals surface area contributed by atoms with Gasteiger partial charge in [0.25, 0.3) is 5.91 Å². The molecular weight excluding hydrogens is 582 g/mol. The Bertz CT molecular complexity index is 1660. The number of methoxy groups -OCH3 is 1. The number of hydrogen-bond acceptors (Lipinski definition) is 9. The number of nitrogens with zero attached hydrogens (tertiary/aromatic N) is 3. The van der Waals surface area contributed by atoms with Crippen LogP contribution in [0.4, 0.5) is 11.4 Å². The summed E-state index contributed by atoms with van der Waals surface area (Å²) in [7, 11) is 1.60. The van der Waals surface area contributed by atoms with E-state index < -0.39 is 11.3 Å². The number of carbonyl (C=O) groups is 3. The lowest BCUT2D eigenvalue weighted by molar-refractivity contribution is -0.125. The van der Waals surface area contributed by atoms with Gasteiger partial charge in [-0.15, -0.1) is 0 Å². The first-order chi connectivity index (χ1) is 21.4. The largest absolute Gasteiger partial charge is 0.497 e. The van der Waals surface area contributed by atoms with Gasteiger partial charge in [-0.05, 0) is 54.8 Å². The van der Waals surface area contributed by atoms with Crippen molar-refractivity contribution < 1.29 is 28.6 Å². The Morgan fingerprint density at radius 3 is 2.68 bits per heavy atom. The first-order valence-electron chi connectivity index (χ1n) is 14.3. The van der Waals surface area contributed by atoms with Crippen molar-refractivity contribution in [2.45, 2.75) is 44.0 Å². The van der Waals surface area contributed by atoms with E-state index in [1.807, 2.05) is 55.5 Å². The molecule has 3 aromatic rings. The molecule has 0 fully saturated rings. The molecule has 6 rings (SSSR count). The number of benzene rings is 3. The van der Waals surface area contributed by atoms with Crippen LogP contribution >= 0.6 is 11.8 Å². The molecule has 0 aliphatic carbocycles. The van der Waals surface area contributed by atoms with Crippen LogP contribution < -0.4 is 24.8 Å². The van der Waals surface area contributed by atoms with Crippen molar-refractivity contribution in [2.24, 2.45) is 9.98 Å². The summed E-state index contributed by atoms with van der Waals surface area (Å²) in [5.41, 5.74) is 2.92.